The highest BCUT2D eigenvalue weighted by atomic mass is 35.5. The first-order chi connectivity index (χ1) is 13.0. The van der Waals surface area contributed by atoms with Gasteiger partial charge >= 0.3 is 0 Å². The van der Waals surface area contributed by atoms with Crippen molar-refractivity contribution in [2.24, 2.45) is 0 Å². The normalized spacial score (nSPS) is 14.6. The van der Waals surface area contributed by atoms with Gasteiger partial charge in [0, 0.05) is 36.3 Å². The summed E-state index contributed by atoms with van der Waals surface area (Å²) in [5.74, 6) is -0.406. The second-order valence-electron chi connectivity index (χ2n) is 6.33. The Labute approximate surface area is 161 Å². The summed E-state index contributed by atoms with van der Waals surface area (Å²) in [6, 6.07) is 13.0. The minimum atomic E-state index is -0.607. The van der Waals surface area contributed by atoms with Crippen molar-refractivity contribution in [3.05, 3.63) is 74.8 Å². The van der Waals surface area contributed by atoms with Crippen LogP contribution in [0.3, 0.4) is 0 Å². The Bertz CT molecular complexity index is 865. The van der Waals surface area contributed by atoms with Crippen LogP contribution in [0.5, 0.6) is 0 Å². The average molecular weight is 388 g/mol. The zero-order valence-corrected chi connectivity index (χ0v) is 15.2. The standard InChI is InChI=1S/C19H18ClN3O4/c20-16-7-6-14(12-17(16)23(26)27)19(25)22-10-8-15(9-11-22)21-18(24)13-4-2-1-3-5-13/h1-7,12,15H,8-11H2,(H,21,24). The molecule has 0 aromatic heterocycles. The van der Waals surface area contributed by atoms with E-state index in [0.717, 1.165) is 0 Å². The van der Waals surface area contributed by atoms with Crippen molar-refractivity contribution >= 4 is 29.1 Å². The predicted octanol–water partition coefficient (Wildman–Crippen LogP) is 3.28. The molecule has 140 valence electrons. The summed E-state index contributed by atoms with van der Waals surface area (Å²) < 4.78 is 0. The summed E-state index contributed by atoms with van der Waals surface area (Å²) in [5, 5.41) is 14.0. The van der Waals surface area contributed by atoms with Crippen LogP contribution in [0.2, 0.25) is 5.02 Å². The van der Waals surface area contributed by atoms with Crippen LogP contribution >= 0.6 is 11.6 Å². The molecule has 2 aromatic carbocycles. The number of nitro groups is 1. The maximum Gasteiger partial charge on any atom is 0.288 e. The molecular weight excluding hydrogens is 370 g/mol. The number of amides is 2. The summed E-state index contributed by atoms with van der Waals surface area (Å²) in [4.78, 5) is 36.8. The Kier molecular flexibility index (Phi) is 5.71. The van der Waals surface area contributed by atoms with Crippen LogP contribution in [0, 0.1) is 10.1 Å². The third kappa shape index (κ3) is 4.43. The lowest BCUT2D eigenvalue weighted by molar-refractivity contribution is -0.384. The first-order valence-electron chi connectivity index (χ1n) is 8.55. The Morgan fingerprint density at radius 3 is 2.37 bits per heavy atom. The minimum Gasteiger partial charge on any atom is -0.349 e. The van der Waals surface area contributed by atoms with Gasteiger partial charge in [0.15, 0.2) is 0 Å². The summed E-state index contributed by atoms with van der Waals surface area (Å²) in [7, 11) is 0. The first-order valence-corrected chi connectivity index (χ1v) is 8.92. The number of hydrogen-bond acceptors (Lipinski definition) is 4. The zero-order chi connectivity index (χ0) is 19.4. The monoisotopic (exact) mass is 387 g/mol. The van der Waals surface area contributed by atoms with Gasteiger partial charge in [0.05, 0.1) is 4.92 Å². The molecule has 1 N–H and O–H groups in total. The van der Waals surface area contributed by atoms with E-state index < -0.39 is 4.92 Å². The van der Waals surface area contributed by atoms with Crippen LogP contribution in [0.15, 0.2) is 48.5 Å². The van der Waals surface area contributed by atoms with Crippen molar-refractivity contribution in [3.63, 3.8) is 0 Å². The van der Waals surface area contributed by atoms with E-state index in [9.17, 15) is 19.7 Å². The first kappa shape index (κ1) is 18.8. The molecule has 2 aromatic rings. The fourth-order valence-corrected chi connectivity index (χ4v) is 3.24. The molecule has 3 rings (SSSR count). The Morgan fingerprint density at radius 1 is 1.07 bits per heavy atom. The maximum absolute atomic E-state index is 12.6. The molecule has 0 radical (unpaired) electrons. The highest BCUT2D eigenvalue weighted by Gasteiger charge is 2.26. The summed E-state index contributed by atoms with van der Waals surface area (Å²) in [6.45, 7) is 0.935. The zero-order valence-electron chi connectivity index (χ0n) is 14.4. The van der Waals surface area contributed by atoms with Crippen LogP contribution in [0.4, 0.5) is 5.69 Å². The van der Waals surface area contributed by atoms with Crippen LogP contribution < -0.4 is 5.32 Å². The molecule has 0 saturated carbocycles. The molecule has 2 amide bonds. The number of likely N-dealkylation sites (tertiary alicyclic amines) is 1. The van der Waals surface area contributed by atoms with E-state index in [1.54, 1.807) is 17.0 Å². The number of nitro benzene ring substituents is 1. The molecule has 0 unspecified atom stereocenters. The number of nitrogens with one attached hydrogen (secondary N) is 1. The Morgan fingerprint density at radius 2 is 1.74 bits per heavy atom. The third-order valence-corrected chi connectivity index (χ3v) is 4.86. The van der Waals surface area contributed by atoms with Gasteiger partial charge in [-0.05, 0) is 37.1 Å². The van der Waals surface area contributed by atoms with Crippen molar-refractivity contribution in [1.29, 1.82) is 0 Å². The van der Waals surface area contributed by atoms with Gasteiger partial charge in [0.1, 0.15) is 5.02 Å². The highest BCUT2D eigenvalue weighted by Crippen LogP contribution is 2.26. The van der Waals surface area contributed by atoms with Crippen LogP contribution in [0.1, 0.15) is 33.6 Å². The maximum atomic E-state index is 12.6. The second-order valence-corrected chi connectivity index (χ2v) is 6.74. The van der Waals surface area contributed by atoms with Crippen molar-refractivity contribution in [2.75, 3.05) is 13.1 Å². The molecule has 7 nitrogen and oxygen atoms in total. The molecule has 1 heterocycles. The molecule has 1 saturated heterocycles. The molecule has 0 bridgehead atoms. The average Bonchev–Trinajstić information content (AvgIpc) is 2.69. The van der Waals surface area contributed by atoms with E-state index >= 15 is 0 Å². The summed E-state index contributed by atoms with van der Waals surface area (Å²) in [5.41, 5.74) is 0.551. The number of hydrogen-bond donors (Lipinski definition) is 1. The molecular formula is C19H18ClN3O4. The lowest BCUT2D eigenvalue weighted by atomic mass is 10.0. The van der Waals surface area contributed by atoms with Crippen LogP contribution in [-0.4, -0.2) is 40.8 Å². The van der Waals surface area contributed by atoms with E-state index in [4.69, 9.17) is 11.6 Å². The molecule has 1 aliphatic rings. The predicted molar refractivity (Wildman–Crippen MR) is 101 cm³/mol. The Balaban J connectivity index is 1.59. The molecule has 0 atom stereocenters. The highest BCUT2D eigenvalue weighted by molar-refractivity contribution is 6.32. The fraction of sp³-hybridized carbons (Fsp3) is 0.263. The number of piperidine rings is 1. The van der Waals surface area contributed by atoms with Gasteiger partial charge in [-0.1, -0.05) is 29.8 Å². The van der Waals surface area contributed by atoms with Crippen LogP contribution in [-0.2, 0) is 0 Å². The van der Waals surface area contributed by atoms with E-state index in [-0.39, 0.29) is 34.1 Å². The smallest absolute Gasteiger partial charge is 0.288 e. The SMILES string of the molecule is O=C(NC1CCN(C(=O)c2ccc(Cl)c([N+](=O)[O-])c2)CC1)c1ccccc1. The van der Waals surface area contributed by atoms with E-state index in [1.165, 1.54) is 18.2 Å². The fourth-order valence-electron chi connectivity index (χ4n) is 3.05. The van der Waals surface area contributed by atoms with Crippen molar-refractivity contribution < 1.29 is 14.5 Å². The molecule has 0 spiro atoms. The van der Waals surface area contributed by atoms with Crippen molar-refractivity contribution in [1.82, 2.24) is 10.2 Å². The van der Waals surface area contributed by atoms with Gasteiger partial charge < -0.3 is 10.2 Å². The van der Waals surface area contributed by atoms with Gasteiger partial charge in [-0.3, -0.25) is 19.7 Å². The molecule has 27 heavy (non-hydrogen) atoms. The number of benzene rings is 2. The third-order valence-electron chi connectivity index (χ3n) is 4.54. The largest absolute Gasteiger partial charge is 0.349 e. The quantitative estimate of drug-likeness (QED) is 0.643. The minimum absolute atomic E-state index is 0.00103. The van der Waals surface area contributed by atoms with Gasteiger partial charge in [-0.15, -0.1) is 0 Å². The summed E-state index contributed by atoms with van der Waals surface area (Å²) >= 11 is 5.79. The van der Waals surface area contributed by atoms with Gasteiger partial charge in [0.25, 0.3) is 17.5 Å². The molecule has 1 aliphatic heterocycles. The Hall–Kier alpha value is -2.93. The van der Waals surface area contributed by atoms with E-state index in [0.29, 0.717) is 31.5 Å². The number of nitrogens with zero attached hydrogens (tertiary/aromatic N) is 2. The van der Waals surface area contributed by atoms with Gasteiger partial charge in [-0.25, -0.2) is 0 Å². The van der Waals surface area contributed by atoms with Gasteiger partial charge in [0.2, 0.25) is 0 Å². The molecule has 1 fully saturated rings. The van der Waals surface area contributed by atoms with E-state index in [2.05, 4.69) is 5.32 Å². The number of carbonyl (C=O) groups is 2. The number of carbonyl (C=O) groups excluding carboxylic acids is 2. The molecule has 8 heteroatoms. The lowest BCUT2D eigenvalue weighted by Crippen LogP contribution is -2.46. The summed E-state index contributed by atoms with van der Waals surface area (Å²) in [6.07, 6.45) is 1.25. The van der Waals surface area contributed by atoms with Crippen molar-refractivity contribution in [3.8, 4) is 0 Å². The second kappa shape index (κ2) is 8.18. The van der Waals surface area contributed by atoms with Crippen molar-refractivity contribution in [2.45, 2.75) is 18.9 Å². The topological polar surface area (TPSA) is 92.6 Å². The molecule has 0 aliphatic carbocycles. The van der Waals surface area contributed by atoms with Crippen LogP contribution in [0.25, 0.3) is 0 Å². The lowest BCUT2D eigenvalue weighted by Gasteiger charge is -2.32. The number of rotatable bonds is 4. The van der Waals surface area contributed by atoms with Gasteiger partial charge in [-0.2, -0.15) is 0 Å². The van der Waals surface area contributed by atoms with E-state index in [1.807, 2.05) is 18.2 Å². The number of halogens is 1.